The summed E-state index contributed by atoms with van der Waals surface area (Å²) >= 11 is 6.09. The van der Waals surface area contributed by atoms with Gasteiger partial charge in [-0.1, -0.05) is 41.4 Å². The Labute approximate surface area is 157 Å². The zero-order valence-electron chi connectivity index (χ0n) is 14.4. The number of nitrogens with one attached hydrogen (secondary N) is 1. The van der Waals surface area contributed by atoms with Gasteiger partial charge in [-0.2, -0.15) is 4.31 Å². The number of hydrogen-bond acceptors (Lipinski definition) is 4. The van der Waals surface area contributed by atoms with Crippen LogP contribution in [-0.2, 0) is 14.8 Å². The van der Waals surface area contributed by atoms with E-state index in [4.69, 9.17) is 16.3 Å². The summed E-state index contributed by atoms with van der Waals surface area (Å²) in [6.07, 6.45) is 0. The standard InChI is InChI=1S/C18H19ClN2O4S/c1-12-4-3-5-13(10-12)17-18(22)20-8-9-21(17)26(23,24)14-6-7-16(25-2)15(19)11-14/h3-7,10-11,17H,8-9H2,1-2H3,(H,20,22). The summed E-state index contributed by atoms with van der Waals surface area (Å²) in [4.78, 5) is 12.5. The minimum atomic E-state index is -3.92. The Kier molecular flexibility index (Phi) is 5.22. The molecule has 1 aliphatic heterocycles. The van der Waals surface area contributed by atoms with Gasteiger partial charge in [0, 0.05) is 13.1 Å². The van der Waals surface area contributed by atoms with Crippen LogP contribution in [0, 0.1) is 6.92 Å². The number of aryl methyl sites for hydroxylation is 1. The van der Waals surface area contributed by atoms with Crippen molar-refractivity contribution in [2.24, 2.45) is 0 Å². The Bertz CT molecular complexity index is 946. The molecule has 1 saturated heterocycles. The molecule has 0 bridgehead atoms. The fourth-order valence-electron chi connectivity index (χ4n) is 3.01. The zero-order valence-corrected chi connectivity index (χ0v) is 16.0. The Morgan fingerprint density at radius 1 is 1.23 bits per heavy atom. The van der Waals surface area contributed by atoms with Crippen molar-refractivity contribution in [1.29, 1.82) is 0 Å². The molecule has 0 radical (unpaired) electrons. The van der Waals surface area contributed by atoms with E-state index in [2.05, 4.69) is 5.32 Å². The molecule has 3 rings (SSSR count). The van der Waals surface area contributed by atoms with Gasteiger partial charge in [0.15, 0.2) is 0 Å². The van der Waals surface area contributed by atoms with Crippen molar-refractivity contribution >= 4 is 27.5 Å². The van der Waals surface area contributed by atoms with Crippen LogP contribution >= 0.6 is 11.6 Å². The lowest BCUT2D eigenvalue weighted by molar-refractivity contribution is -0.126. The van der Waals surface area contributed by atoms with Crippen molar-refractivity contribution in [2.75, 3.05) is 20.2 Å². The molecule has 0 aromatic heterocycles. The maximum Gasteiger partial charge on any atom is 0.244 e. The second-order valence-electron chi connectivity index (χ2n) is 6.02. The van der Waals surface area contributed by atoms with Crippen LogP contribution in [-0.4, -0.2) is 38.8 Å². The Balaban J connectivity index is 2.06. The number of amides is 1. The van der Waals surface area contributed by atoms with Crippen LogP contribution in [0.4, 0.5) is 0 Å². The number of carbonyl (C=O) groups excluding carboxylic acids is 1. The van der Waals surface area contributed by atoms with Crippen LogP contribution in [0.3, 0.4) is 0 Å². The van der Waals surface area contributed by atoms with Gasteiger partial charge in [-0.05, 0) is 30.7 Å². The molecule has 1 unspecified atom stereocenters. The van der Waals surface area contributed by atoms with Gasteiger partial charge < -0.3 is 10.1 Å². The first-order valence-corrected chi connectivity index (χ1v) is 9.86. The number of piperazine rings is 1. The normalized spacial score (nSPS) is 18.4. The van der Waals surface area contributed by atoms with Crippen molar-refractivity contribution in [3.8, 4) is 5.75 Å². The summed E-state index contributed by atoms with van der Waals surface area (Å²) in [5.41, 5.74) is 1.58. The smallest absolute Gasteiger partial charge is 0.244 e. The third kappa shape index (κ3) is 3.42. The predicted molar refractivity (Wildman–Crippen MR) is 98.8 cm³/mol. The average Bonchev–Trinajstić information content (AvgIpc) is 2.61. The first-order chi connectivity index (χ1) is 12.3. The molecule has 0 saturated carbocycles. The molecule has 1 N–H and O–H groups in total. The number of carbonyl (C=O) groups is 1. The first kappa shape index (κ1) is 18.7. The second-order valence-corrected chi connectivity index (χ2v) is 8.32. The van der Waals surface area contributed by atoms with Crippen molar-refractivity contribution in [1.82, 2.24) is 9.62 Å². The van der Waals surface area contributed by atoms with Crippen LogP contribution < -0.4 is 10.1 Å². The molecule has 1 fully saturated rings. The molecule has 8 heteroatoms. The molecular weight excluding hydrogens is 376 g/mol. The number of benzene rings is 2. The SMILES string of the molecule is COc1ccc(S(=O)(=O)N2CCNC(=O)C2c2cccc(C)c2)cc1Cl. The van der Waals surface area contributed by atoms with Crippen molar-refractivity contribution < 1.29 is 17.9 Å². The van der Waals surface area contributed by atoms with E-state index in [-0.39, 0.29) is 28.9 Å². The highest BCUT2D eigenvalue weighted by Crippen LogP contribution is 2.33. The molecule has 1 atom stereocenters. The molecule has 0 aliphatic carbocycles. The lowest BCUT2D eigenvalue weighted by Crippen LogP contribution is -2.52. The van der Waals surface area contributed by atoms with E-state index in [0.717, 1.165) is 5.56 Å². The number of hydrogen-bond donors (Lipinski definition) is 1. The van der Waals surface area contributed by atoms with Crippen LogP contribution in [0.15, 0.2) is 47.4 Å². The fourth-order valence-corrected chi connectivity index (χ4v) is 4.93. The fraction of sp³-hybridized carbons (Fsp3) is 0.278. The highest BCUT2D eigenvalue weighted by molar-refractivity contribution is 7.89. The Morgan fingerprint density at radius 2 is 2.00 bits per heavy atom. The summed E-state index contributed by atoms with van der Waals surface area (Å²) in [5, 5.41) is 2.94. The molecule has 2 aromatic rings. The van der Waals surface area contributed by atoms with Gasteiger partial charge in [0.2, 0.25) is 15.9 Å². The van der Waals surface area contributed by atoms with Crippen molar-refractivity contribution in [3.05, 3.63) is 58.6 Å². The Morgan fingerprint density at radius 3 is 2.65 bits per heavy atom. The van der Waals surface area contributed by atoms with E-state index in [0.29, 0.717) is 11.3 Å². The molecule has 2 aromatic carbocycles. The van der Waals surface area contributed by atoms with Crippen LogP contribution in [0.5, 0.6) is 5.75 Å². The van der Waals surface area contributed by atoms with Crippen LogP contribution in [0.25, 0.3) is 0 Å². The van der Waals surface area contributed by atoms with Gasteiger partial charge in [0.25, 0.3) is 0 Å². The monoisotopic (exact) mass is 394 g/mol. The molecular formula is C18H19ClN2O4S. The highest BCUT2D eigenvalue weighted by Gasteiger charge is 2.39. The van der Waals surface area contributed by atoms with E-state index >= 15 is 0 Å². The molecule has 1 amide bonds. The minimum Gasteiger partial charge on any atom is -0.495 e. The average molecular weight is 395 g/mol. The summed E-state index contributed by atoms with van der Waals surface area (Å²) < 4.78 is 32.7. The quantitative estimate of drug-likeness (QED) is 0.864. The van der Waals surface area contributed by atoms with E-state index in [1.807, 2.05) is 25.1 Å². The third-order valence-corrected chi connectivity index (χ3v) is 6.41. The lowest BCUT2D eigenvalue weighted by atomic mass is 10.0. The summed E-state index contributed by atoms with van der Waals surface area (Å²) in [7, 11) is -2.46. The van der Waals surface area contributed by atoms with Gasteiger partial charge in [0.1, 0.15) is 11.8 Å². The maximum atomic E-state index is 13.2. The molecule has 26 heavy (non-hydrogen) atoms. The van der Waals surface area contributed by atoms with Crippen molar-refractivity contribution in [3.63, 3.8) is 0 Å². The van der Waals surface area contributed by atoms with Crippen molar-refractivity contribution in [2.45, 2.75) is 17.9 Å². The van der Waals surface area contributed by atoms with E-state index in [9.17, 15) is 13.2 Å². The topological polar surface area (TPSA) is 75.7 Å². The van der Waals surface area contributed by atoms with Gasteiger partial charge in [-0.3, -0.25) is 4.79 Å². The summed E-state index contributed by atoms with van der Waals surface area (Å²) in [6, 6.07) is 10.6. The highest BCUT2D eigenvalue weighted by atomic mass is 35.5. The largest absolute Gasteiger partial charge is 0.495 e. The molecule has 6 nitrogen and oxygen atoms in total. The van der Waals surface area contributed by atoms with Crippen LogP contribution in [0.2, 0.25) is 5.02 Å². The predicted octanol–water partition coefficient (Wildman–Crippen LogP) is 2.52. The van der Waals surface area contributed by atoms with Gasteiger partial charge >= 0.3 is 0 Å². The number of methoxy groups -OCH3 is 1. The van der Waals surface area contributed by atoms with Crippen LogP contribution in [0.1, 0.15) is 17.2 Å². The van der Waals surface area contributed by atoms with Gasteiger partial charge in [-0.15, -0.1) is 0 Å². The number of nitrogens with zero attached hydrogens (tertiary/aromatic N) is 1. The third-order valence-electron chi connectivity index (χ3n) is 4.26. The zero-order chi connectivity index (χ0) is 18.9. The minimum absolute atomic E-state index is 0.0238. The number of halogens is 1. The van der Waals surface area contributed by atoms with Gasteiger partial charge in [0.05, 0.1) is 17.0 Å². The Hall–Kier alpha value is -2.09. The van der Waals surface area contributed by atoms with Gasteiger partial charge in [-0.25, -0.2) is 8.42 Å². The molecule has 1 heterocycles. The molecule has 1 aliphatic rings. The summed E-state index contributed by atoms with van der Waals surface area (Å²) in [6.45, 7) is 2.33. The molecule has 138 valence electrons. The number of rotatable bonds is 4. The van der Waals surface area contributed by atoms with E-state index in [1.54, 1.807) is 6.07 Å². The lowest BCUT2D eigenvalue weighted by Gasteiger charge is -2.34. The summed E-state index contributed by atoms with van der Waals surface area (Å²) in [5.74, 6) is 0.0438. The number of ether oxygens (including phenoxy) is 1. The first-order valence-electron chi connectivity index (χ1n) is 8.04. The van der Waals surface area contributed by atoms with E-state index in [1.165, 1.54) is 29.6 Å². The maximum absolute atomic E-state index is 13.2. The number of sulfonamides is 1. The second kappa shape index (κ2) is 7.26. The molecule has 0 spiro atoms. The van der Waals surface area contributed by atoms with E-state index < -0.39 is 16.1 Å².